The molecule has 1 saturated carbocycles. The Bertz CT molecular complexity index is 108. The van der Waals surface area contributed by atoms with Gasteiger partial charge in [0.2, 0.25) is 0 Å². The lowest BCUT2D eigenvalue weighted by molar-refractivity contribution is 0.309. The molecule has 1 heteroatoms. The van der Waals surface area contributed by atoms with Crippen LogP contribution in [0.15, 0.2) is 0 Å². The minimum atomic E-state index is 0.663. The van der Waals surface area contributed by atoms with Crippen molar-refractivity contribution >= 4 is 0 Å². The van der Waals surface area contributed by atoms with Crippen molar-refractivity contribution in [1.82, 2.24) is 0 Å². The second kappa shape index (κ2) is 1.72. The highest BCUT2D eigenvalue weighted by atomic mass is 16.6. The van der Waals surface area contributed by atoms with E-state index < -0.39 is 0 Å². The molecule has 2 fully saturated rings. The zero-order valence-electron chi connectivity index (χ0n) is 6.13. The van der Waals surface area contributed by atoms with E-state index in [2.05, 4.69) is 13.8 Å². The van der Waals surface area contributed by atoms with Gasteiger partial charge in [-0.1, -0.05) is 13.8 Å². The molecule has 0 N–H and O–H groups in total. The molecule has 0 aromatic heterocycles. The Kier molecular flexibility index (Phi) is 1.10. The van der Waals surface area contributed by atoms with Gasteiger partial charge >= 0.3 is 0 Å². The Morgan fingerprint density at radius 2 is 1.44 bits per heavy atom. The number of hydrogen-bond acceptors (Lipinski definition) is 1. The lowest BCUT2D eigenvalue weighted by atomic mass is 9.82. The molecule has 0 aromatic carbocycles. The highest BCUT2D eigenvalue weighted by Crippen LogP contribution is 2.42. The van der Waals surface area contributed by atoms with Crippen molar-refractivity contribution < 1.29 is 4.74 Å². The molecule has 1 heterocycles. The highest BCUT2D eigenvalue weighted by Gasteiger charge is 2.45. The van der Waals surface area contributed by atoms with E-state index in [0.29, 0.717) is 12.2 Å². The van der Waals surface area contributed by atoms with Gasteiger partial charge in [-0.3, -0.25) is 0 Å². The maximum atomic E-state index is 5.42. The summed E-state index contributed by atoms with van der Waals surface area (Å²) in [6.45, 7) is 4.67. The van der Waals surface area contributed by atoms with E-state index in [9.17, 15) is 0 Å². The summed E-state index contributed by atoms with van der Waals surface area (Å²) in [4.78, 5) is 0. The van der Waals surface area contributed by atoms with Crippen LogP contribution < -0.4 is 0 Å². The molecule has 1 aliphatic heterocycles. The van der Waals surface area contributed by atoms with E-state index in [-0.39, 0.29) is 0 Å². The molecule has 1 aliphatic carbocycles. The first-order chi connectivity index (χ1) is 4.27. The maximum Gasteiger partial charge on any atom is 0.0844 e. The molecule has 2 rings (SSSR count). The Labute approximate surface area is 56.4 Å². The zero-order chi connectivity index (χ0) is 6.43. The van der Waals surface area contributed by atoms with Crippen LogP contribution in [-0.4, -0.2) is 12.2 Å². The third kappa shape index (κ3) is 0.877. The van der Waals surface area contributed by atoms with Crippen LogP contribution in [0.1, 0.15) is 26.7 Å². The molecular weight excluding hydrogens is 112 g/mol. The molecule has 52 valence electrons. The molecule has 1 nitrogen and oxygen atoms in total. The SMILES string of the molecule is C[C@H]1C[C@@H]2O[C@@H]2C[C@@H]1C. The van der Waals surface area contributed by atoms with Crippen LogP contribution in [-0.2, 0) is 4.74 Å². The zero-order valence-corrected chi connectivity index (χ0v) is 6.13. The van der Waals surface area contributed by atoms with Crippen molar-refractivity contribution in [1.29, 1.82) is 0 Å². The monoisotopic (exact) mass is 126 g/mol. The molecule has 0 amide bonds. The number of epoxide rings is 1. The standard InChI is InChI=1S/C8H14O/c1-5-3-7-8(9-7)4-6(5)2/h5-8H,3-4H2,1-2H3/t5-,6-,7-,8+/m0/s1. The Morgan fingerprint density at radius 1 is 1.00 bits per heavy atom. The summed E-state index contributed by atoms with van der Waals surface area (Å²) in [5.74, 6) is 1.79. The van der Waals surface area contributed by atoms with Gasteiger partial charge < -0.3 is 4.74 Å². The van der Waals surface area contributed by atoms with Crippen LogP contribution in [0.5, 0.6) is 0 Å². The average molecular weight is 126 g/mol. The van der Waals surface area contributed by atoms with Crippen LogP contribution in [0.25, 0.3) is 0 Å². The summed E-state index contributed by atoms with van der Waals surface area (Å²) in [6.07, 6.45) is 3.95. The molecule has 9 heavy (non-hydrogen) atoms. The fraction of sp³-hybridized carbons (Fsp3) is 1.00. The van der Waals surface area contributed by atoms with Crippen LogP contribution in [0.2, 0.25) is 0 Å². The number of ether oxygens (including phenoxy) is 1. The van der Waals surface area contributed by atoms with Gasteiger partial charge in [0.25, 0.3) is 0 Å². The molecule has 2 aliphatic rings. The van der Waals surface area contributed by atoms with Gasteiger partial charge in [-0.15, -0.1) is 0 Å². The van der Waals surface area contributed by atoms with E-state index >= 15 is 0 Å². The molecular formula is C8H14O. The lowest BCUT2D eigenvalue weighted by Gasteiger charge is -2.21. The van der Waals surface area contributed by atoms with Crippen molar-refractivity contribution in [3.63, 3.8) is 0 Å². The van der Waals surface area contributed by atoms with E-state index in [1.807, 2.05) is 0 Å². The van der Waals surface area contributed by atoms with Crippen molar-refractivity contribution in [2.24, 2.45) is 11.8 Å². The third-order valence-electron chi connectivity index (χ3n) is 2.87. The van der Waals surface area contributed by atoms with Crippen molar-refractivity contribution in [2.45, 2.75) is 38.9 Å². The average Bonchev–Trinajstić information content (AvgIpc) is 2.46. The fourth-order valence-electron chi connectivity index (χ4n) is 1.79. The first-order valence-corrected chi connectivity index (χ1v) is 3.93. The molecule has 0 bridgehead atoms. The molecule has 0 radical (unpaired) electrons. The van der Waals surface area contributed by atoms with Gasteiger partial charge in [0.05, 0.1) is 12.2 Å². The first kappa shape index (κ1) is 5.72. The van der Waals surface area contributed by atoms with E-state index in [1.54, 1.807) is 0 Å². The summed E-state index contributed by atoms with van der Waals surface area (Å²) in [5.41, 5.74) is 0. The van der Waals surface area contributed by atoms with Crippen molar-refractivity contribution in [3.8, 4) is 0 Å². The van der Waals surface area contributed by atoms with Gasteiger partial charge in [0, 0.05) is 0 Å². The summed E-state index contributed by atoms with van der Waals surface area (Å²) >= 11 is 0. The fourth-order valence-corrected chi connectivity index (χ4v) is 1.79. The molecule has 4 atom stereocenters. The summed E-state index contributed by atoms with van der Waals surface area (Å²) < 4.78 is 5.42. The summed E-state index contributed by atoms with van der Waals surface area (Å²) in [6, 6.07) is 0. The second-order valence-corrected chi connectivity index (χ2v) is 3.64. The molecule has 1 saturated heterocycles. The lowest BCUT2D eigenvalue weighted by Crippen LogP contribution is -2.19. The third-order valence-corrected chi connectivity index (χ3v) is 2.87. The predicted octanol–water partition coefficient (Wildman–Crippen LogP) is 1.82. The summed E-state index contributed by atoms with van der Waals surface area (Å²) in [5, 5.41) is 0. The van der Waals surface area contributed by atoms with E-state index in [0.717, 1.165) is 11.8 Å². The quantitative estimate of drug-likeness (QED) is 0.451. The predicted molar refractivity (Wildman–Crippen MR) is 36.2 cm³/mol. The van der Waals surface area contributed by atoms with Gasteiger partial charge in [0.15, 0.2) is 0 Å². The van der Waals surface area contributed by atoms with E-state index in [1.165, 1.54) is 12.8 Å². The Morgan fingerprint density at radius 3 is 1.89 bits per heavy atom. The minimum absolute atomic E-state index is 0.663. The molecule has 0 spiro atoms. The van der Waals surface area contributed by atoms with Gasteiger partial charge in [0.1, 0.15) is 0 Å². The van der Waals surface area contributed by atoms with Crippen molar-refractivity contribution in [2.75, 3.05) is 0 Å². The largest absolute Gasteiger partial charge is 0.370 e. The molecule has 0 aromatic rings. The second-order valence-electron chi connectivity index (χ2n) is 3.64. The Balaban J connectivity index is 1.98. The van der Waals surface area contributed by atoms with Crippen LogP contribution in [0, 0.1) is 11.8 Å². The normalized spacial score (nSPS) is 56.7. The Hall–Kier alpha value is -0.0400. The topological polar surface area (TPSA) is 12.5 Å². The number of fused-ring (bicyclic) bond motifs is 1. The van der Waals surface area contributed by atoms with Gasteiger partial charge in [-0.25, -0.2) is 0 Å². The maximum absolute atomic E-state index is 5.42. The van der Waals surface area contributed by atoms with E-state index in [4.69, 9.17) is 4.74 Å². The van der Waals surface area contributed by atoms with Crippen LogP contribution in [0.4, 0.5) is 0 Å². The first-order valence-electron chi connectivity index (χ1n) is 3.93. The smallest absolute Gasteiger partial charge is 0.0844 e. The summed E-state index contributed by atoms with van der Waals surface area (Å²) in [7, 11) is 0. The van der Waals surface area contributed by atoms with Gasteiger partial charge in [-0.2, -0.15) is 0 Å². The highest BCUT2D eigenvalue weighted by molar-refractivity contribution is 4.93. The number of rotatable bonds is 0. The molecule has 0 unspecified atom stereocenters. The number of hydrogen-bond donors (Lipinski definition) is 0. The van der Waals surface area contributed by atoms with Crippen LogP contribution in [0.3, 0.4) is 0 Å². The minimum Gasteiger partial charge on any atom is -0.370 e. The van der Waals surface area contributed by atoms with Gasteiger partial charge in [-0.05, 0) is 24.7 Å². The van der Waals surface area contributed by atoms with Crippen LogP contribution >= 0.6 is 0 Å². The van der Waals surface area contributed by atoms with Crippen molar-refractivity contribution in [3.05, 3.63) is 0 Å².